The lowest BCUT2D eigenvalue weighted by molar-refractivity contribution is -0.163. The van der Waals surface area contributed by atoms with Gasteiger partial charge < -0.3 is 4.74 Å². The van der Waals surface area contributed by atoms with Gasteiger partial charge in [-0.05, 0) is 50.4 Å². The van der Waals surface area contributed by atoms with Crippen LogP contribution in [0.5, 0.6) is 0 Å². The molecular formula is C14H19NO2. The van der Waals surface area contributed by atoms with Gasteiger partial charge in [0, 0.05) is 18.8 Å². The van der Waals surface area contributed by atoms with Crippen molar-refractivity contribution in [3.8, 4) is 6.07 Å². The predicted molar refractivity (Wildman–Crippen MR) is 61.7 cm³/mol. The zero-order valence-electron chi connectivity index (χ0n) is 10.5. The van der Waals surface area contributed by atoms with Crippen LogP contribution in [0.2, 0.25) is 0 Å². The maximum atomic E-state index is 11.2. The Kier molecular flexibility index (Phi) is 2.26. The summed E-state index contributed by atoms with van der Waals surface area (Å²) < 4.78 is 5.59. The van der Waals surface area contributed by atoms with Gasteiger partial charge in [0.25, 0.3) is 0 Å². The molecule has 3 nitrogen and oxygen atoms in total. The quantitative estimate of drug-likeness (QED) is 0.654. The second kappa shape index (κ2) is 3.48. The number of nitriles is 1. The van der Waals surface area contributed by atoms with E-state index in [1.807, 2.05) is 0 Å². The average molecular weight is 233 g/mol. The van der Waals surface area contributed by atoms with Gasteiger partial charge in [0.05, 0.1) is 6.07 Å². The normalized spacial score (nSPS) is 51.0. The highest BCUT2D eigenvalue weighted by Crippen LogP contribution is 2.64. The summed E-state index contributed by atoms with van der Waals surface area (Å²) in [4.78, 5) is 11.2. The summed E-state index contributed by atoms with van der Waals surface area (Å²) >= 11 is 0. The molecule has 0 N–H and O–H groups in total. The fourth-order valence-electron chi connectivity index (χ4n) is 4.94. The van der Waals surface area contributed by atoms with Gasteiger partial charge in [0.2, 0.25) is 0 Å². The van der Waals surface area contributed by atoms with Crippen molar-refractivity contribution in [1.82, 2.24) is 0 Å². The van der Waals surface area contributed by atoms with E-state index in [-0.39, 0.29) is 17.5 Å². The number of esters is 1. The van der Waals surface area contributed by atoms with Crippen LogP contribution in [0, 0.1) is 40.9 Å². The number of carbonyl (C=O) groups is 1. The summed E-state index contributed by atoms with van der Waals surface area (Å²) in [5.41, 5.74) is -0.248. The molecule has 2 bridgehead atoms. The Balaban J connectivity index is 1.81. The fourth-order valence-corrected chi connectivity index (χ4v) is 4.94. The van der Waals surface area contributed by atoms with Gasteiger partial charge in [-0.15, -0.1) is 0 Å². The summed E-state index contributed by atoms with van der Waals surface area (Å²) in [5, 5.41) is 9.05. The lowest BCUT2D eigenvalue weighted by atomic mass is 9.73. The van der Waals surface area contributed by atoms with Crippen LogP contribution in [-0.2, 0) is 9.53 Å². The third kappa shape index (κ3) is 1.50. The molecule has 3 rings (SSSR count). The molecule has 3 aliphatic rings. The zero-order valence-corrected chi connectivity index (χ0v) is 10.5. The first-order valence-electron chi connectivity index (χ1n) is 6.62. The first-order valence-corrected chi connectivity index (χ1v) is 6.62. The molecule has 3 heteroatoms. The zero-order chi connectivity index (χ0) is 12.2. The van der Waals surface area contributed by atoms with Crippen molar-refractivity contribution in [2.24, 2.45) is 29.6 Å². The van der Waals surface area contributed by atoms with Crippen LogP contribution in [-0.4, -0.2) is 11.6 Å². The molecule has 3 fully saturated rings. The highest BCUT2D eigenvalue weighted by molar-refractivity contribution is 5.66. The van der Waals surface area contributed by atoms with Gasteiger partial charge in [-0.25, -0.2) is 0 Å². The maximum absolute atomic E-state index is 11.2. The fraction of sp³-hybridized carbons (Fsp3) is 0.857. The van der Waals surface area contributed by atoms with E-state index in [1.165, 1.54) is 13.3 Å². The lowest BCUT2D eigenvalue weighted by Crippen LogP contribution is -2.42. The first kappa shape index (κ1) is 11.1. The third-order valence-electron chi connectivity index (χ3n) is 5.35. The molecule has 17 heavy (non-hydrogen) atoms. The summed E-state index contributed by atoms with van der Waals surface area (Å²) in [6, 6.07) is 2.42. The Morgan fingerprint density at radius 1 is 1.35 bits per heavy atom. The van der Waals surface area contributed by atoms with Crippen LogP contribution < -0.4 is 0 Å². The number of ether oxygens (including phenoxy) is 1. The Morgan fingerprint density at radius 2 is 2.06 bits per heavy atom. The Bertz CT molecular complexity index is 400. The lowest BCUT2D eigenvalue weighted by Gasteiger charge is -2.39. The molecule has 3 saturated carbocycles. The van der Waals surface area contributed by atoms with E-state index in [9.17, 15) is 4.79 Å². The van der Waals surface area contributed by atoms with Crippen LogP contribution in [0.25, 0.3) is 0 Å². The molecule has 6 atom stereocenters. The molecule has 0 aromatic heterocycles. The van der Waals surface area contributed by atoms with E-state index in [1.54, 1.807) is 0 Å². The van der Waals surface area contributed by atoms with Crippen molar-refractivity contribution in [3.63, 3.8) is 0 Å². The highest BCUT2D eigenvalue weighted by Gasteiger charge is 2.62. The van der Waals surface area contributed by atoms with Crippen molar-refractivity contribution in [3.05, 3.63) is 0 Å². The third-order valence-corrected chi connectivity index (χ3v) is 5.35. The van der Waals surface area contributed by atoms with Gasteiger partial charge in [0.1, 0.15) is 5.60 Å². The van der Waals surface area contributed by atoms with Crippen molar-refractivity contribution in [2.45, 2.75) is 45.1 Å². The van der Waals surface area contributed by atoms with Crippen LogP contribution in [0.1, 0.15) is 39.5 Å². The second-order valence-corrected chi connectivity index (χ2v) is 6.34. The van der Waals surface area contributed by atoms with E-state index in [2.05, 4.69) is 13.0 Å². The van der Waals surface area contributed by atoms with Crippen molar-refractivity contribution in [1.29, 1.82) is 5.26 Å². The average Bonchev–Trinajstić information content (AvgIpc) is 2.83. The molecule has 92 valence electrons. The van der Waals surface area contributed by atoms with Gasteiger partial charge in [-0.1, -0.05) is 0 Å². The van der Waals surface area contributed by atoms with Gasteiger partial charge in [-0.2, -0.15) is 5.26 Å². The van der Waals surface area contributed by atoms with Crippen LogP contribution in [0.3, 0.4) is 0 Å². The standard InChI is InChI=1S/C14H19NO2/c1-8(16)17-14(2)6-10-5-13(14)12-4-9(7-15)3-11(10)12/h9-13H,3-6H2,1-2H3. The molecule has 0 amide bonds. The van der Waals surface area contributed by atoms with E-state index >= 15 is 0 Å². The SMILES string of the molecule is CC(=O)OC1(C)CC2CC1C1CC(C#N)CC21. The largest absolute Gasteiger partial charge is 0.459 e. The number of hydrogen-bond donors (Lipinski definition) is 0. The number of hydrogen-bond acceptors (Lipinski definition) is 3. The predicted octanol–water partition coefficient (Wildman–Crippen LogP) is 2.51. The molecule has 0 aromatic carbocycles. The molecule has 0 heterocycles. The van der Waals surface area contributed by atoms with Crippen LogP contribution >= 0.6 is 0 Å². The first-order chi connectivity index (χ1) is 8.03. The number of rotatable bonds is 1. The Morgan fingerprint density at radius 3 is 2.71 bits per heavy atom. The number of nitrogens with zero attached hydrogens (tertiary/aromatic N) is 1. The molecule has 0 saturated heterocycles. The van der Waals surface area contributed by atoms with Crippen LogP contribution in [0.15, 0.2) is 0 Å². The van der Waals surface area contributed by atoms with Crippen molar-refractivity contribution < 1.29 is 9.53 Å². The molecule has 0 radical (unpaired) electrons. The van der Waals surface area contributed by atoms with E-state index in [0.29, 0.717) is 17.8 Å². The second-order valence-electron chi connectivity index (χ2n) is 6.34. The highest BCUT2D eigenvalue weighted by atomic mass is 16.6. The Hall–Kier alpha value is -1.04. The number of carbonyl (C=O) groups excluding carboxylic acids is 1. The molecule has 6 unspecified atom stereocenters. The minimum atomic E-state index is -0.248. The molecule has 0 aliphatic heterocycles. The smallest absolute Gasteiger partial charge is 0.303 e. The molecule has 3 aliphatic carbocycles. The summed E-state index contributed by atoms with van der Waals surface area (Å²) in [6.45, 7) is 3.59. The topological polar surface area (TPSA) is 50.1 Å². The van der Waals surface area contributed by atoms with E-state index in [0.717, 1.165) is 25.2 Å². The van der Waals surface area contributed by atoms with Gasteiger partial charge in [-0.3, -0.25) is 4.79 Å². The summed E-state index contributed by atoms with van der Waals surface area (Å²) in [5.74, 6) is 2.63. The molecule has 0 spiro atoms. The summed E-state index contributed by atoms with van der Waals surface area (Å²) in [6.07, 6.45) is 4.32. The minimum absolute atomic E-state index is 0.161. The molecular weight excluding hydrogens is 214 g/mol. The maximum Gasteiger partial charge on any atom is 0.303 e. The Labute approximate surface area is 102 Å². The van der Waals surface area contributed by atoms with Crippen molar-refractivity contribution in [2.75, 3.05) is 0 Å². The number of fused-ring (bicyclic) bond motifs is 5. The van der Waals surface area contributed by atoms with Crippen LogP contribution in [0.4, 0.5) is 0 Å². The van der Waals surface area contributed by atoms with E-state index in [4.69, 9.17) is 10.00 Å². The monoisotopic (exact) mass is 233 g/mol. The molecule has 0 aromatic rings. The van der Waals surface area contributed by atoms with Crippen molar-refractivity contribution >= 4 is 5.97 Å². The van der Waals surface area contributed by atoms with Gasteiger partial charge in [0.15, 0.2) is 0 Å². The summed E-state index contributed by atoms with van der Waals surface area (Å²) in [7, 11) is 0. The van der Waals surface area contributed by atoms with Gasteiger partial charge >= 0.3 is 5.97 Å². The van der Waals surface area contributed by atoms with E-state index < -0.39 is 0 Å². The minimum Gasteiger partial charge on any atom is -0.459 e.